The van der Waals surface area contributed by atoms with Gasteiger partial charge in [0, 0.05) is 10.9 Å². The van der Waals surface area contributed by atoms with E-state index in [1.165, 1.54) is 12.1 Å². The van der Waals surface area contributed by atoms with Crippen LogP contribution in [-0.2, 0) is 0 Å². The molecule has 1 N–H and O–H groups in total. The van der Waals surface area contributed by atoms with Crippen LogP contribution in [0.1, 0.15) is 29.8 Å². The lowest BCUT2D eigenvalue weighted by molar-refractivity contribution is 0.0936. The van der Waals surface area contributed by atoms with Gasteiger partial charge in [0.2, 0.25) is 0 Å². The molecule has 14 heavy (non-hydrogen) atoms. The highest BCUT2D eigenvalue weighted by atomic mass is 35.5. The molecule has 0 aliphatic heterocycles. The van der Waals surface area contributed by atoms with Crippen LogP contribution in [0.25, 0.3) is 0 Å². The van der Waals surface area contributed by atoms with E-state index < -0.39 is 0 Å². The smallest absolute Gasteiger partial charge is 0.169 e. The highest BCUT2D eigenvalue weighted by Crippen LogP contribution is 2.27. The summed E-state index contributed by atoms with van der Waals surface area (Å²) in [5.74, 6) is -0.227. The molecule has 0 amide bonds. The van der Waals surface area contributed by atoms with Crippen molar-refractivity contribution in [2.45, 2.75) is 20.8 Å². The van der Waals surface area contributed by atoms with Crippen LogP contribution in [0, 0.1) is 12.8 Å². The fourth-order valence-corrected chi connectivity index (χ4v) is 1.34. The maximum absolute atomic E-state index is 11.6. The van der Waals surface area contributed by atoms with Gasteiger partial charge in [-0.1, -0.05) is 25.4 Å². The van der Waals surface area contributed by atoms with Crippen LogP contribution in [0.15, 0.2) is 12.1 Å². The van der Waals surface area contributed by atoms with Gasteiger partial charge in [-0.2, -0.15) is 0 Å². The molecule has 1 aromatic carbocycles. The topological polar surface area (TPSA) is 37.3 Å². The van der Waals surface area contributed by atoms with Crippen molar-refractivity contribution in [1.82, 2.24) is 0 Å². The van der Waals surface area contributed by atoms with Crippen molar-refractivity contribution in [3.63, 3.8) is 0 Å². The lowest BCUT2D eigenvalue weighted by atomic mass is 9.99. The van der Waals surface area contributed by atoms with Crippen LogP contribution in [-0.4, -0.2) is 10.9 Å². The summed E-state index contributed by atoms with van der Waals surface area (Å²) in [6.07, 6.45) is 0. The number of benzene rings is 1. The van der Waals surface area contributed by atoms with Crippen molar-refractivity contribution in [1.29, 1.82) is 0 Å². The van der Waals surface area contributed by atoms with E-state index in [0.29, 0.717) is 10.6 Å². The maximum Gasteiger partial charge on any atom is 0.169 e. The number of aryl methyl sites for hydroxylation is 1. The molecule has 0 bridgehead atoms. The van der Waals surface area contributed by atoms with Crippen molar-refractivity contribution in [2.75, 3.05) is 0 Å². The summed E-state index contributed by atoms with van der Waals surface area (Å²) in [6, 6.07) is 3.03. The first-order valence-corrected chi connectivity index (χ1v) is 4.84. The Morgan fingerprint density at radius 3 is 2.50 bits per heavy atom. The number of hydrogen-bond acceptors (Lipinski definition) is 2. The van der Waals surface area contributed by atoms with E-state index in [1.54, 1.807) is 20.8 Å². The van der Waals surface area contributed by atoms with Gasteiger partial charge in [-0.25, -0.2) is 0 Å². The van der Waals surface area contributed by atoms with Crippen molar-refractivity contribution in [3.8, 4) is 5.75 Å². The quantitative estimate of drug-likeness (QED) is 0.765. The summed E-state index contributed by atoms with van der Waals surface area (Å²) >= 11 is 5.87. The third-order valence-electron chi connectivity index (χ3n) is 2.07. The molecule has 0 aromatic heterocycles. The second-order valence-electron chi connectivity index (χ2n) is 3.64. The molecule has 0 heterocycles. The summed E-state index contributed by atoms with van der Waals surface area (Å²) in [6.45, 7) is 5.36. The Kier molecular flexibility index (Phi) is 3.17. The molecule has 0 aliphatic carbocycles. The average molecular weight is 213 g/mol. The van der Waals surface area contributed by atoms with Gasteiger partial charge in [-0.15, -0.1) is 0 Å². The number of rotatable bonds is 2. The first-order chi connectivity index (χ1) is 6.43. The highest BCUT2D eigenvalue weighted by molar-refractivity contribution is 6.31. The Morgan fingerprint density at radius 2 is 2.00 bits per heavy atom. The number of carbonyl (C=O) groups excluding carboxylic acids is 1. The van der Waals surface area contributed by atoms with E-state index in [2.05, 4.69) is 0 Å². The van der Waals surface area contributed by atoms with Gasteiger partial charge in [0.05, 0.1) is 5.56 Å². The molecule has 1 rings (SSSR count). The summed E-state index contributed by atoms with van der Waals surface area (Å²) in [5.41, 5.74) is 1.07. The maximum atomic E-state index is 11.6. The average Bonchev–Trinajstić information content (AvgIpc) is 2.10. The normalized spacial score (nSPS) is 10.6. The van der Waals surface area contributed by atoms with Crippen molar-refractivity contribution in [3.05, 3.63) is 28.3 Å². The number of hydrogen-bond donors (Lipinski definition) is 1. The number of ketones is 1. The predicted molar refractivity (Wildman–Crippen MR) is 57.0 cm³/mol. The second kappa shape index (κ2) is 4.01. The standard InChI is InChI=1S/C11H13ClO2/c1-6(2)11(14)8-5-9(12)7(3)4-10(8)13/h4-6,13H,1-3H3. The van der Waals surface area contributed by atoms with Gasteiger partial charge in [0.15, 0.2) is 5.78 Å². The summed E-state index contributed by atoms with van der Waals surface area (Å²) in [7, 11) is 0. The molecule has 3 heteroatoms. The van der Waals surface area contributed by atoms with E-state index in [9.17, 15) is 9.90 Å². The predicted octanol–water partition coefficient (Wildman–Crippen LogP) is 3.19. The lowest BCUT2D eigenvalue weighted by Gasteiger charge is -2.08. The first kappa shape index (κ1) is 11.1. The van der Waals surface area contributed by atoms with E-state index in [0.717, 1.165) is 5.56 Å². The Labute approximate surface area is 88.5 Å². The highest BCUT2D eigenvalue weighted by Gasteiger charge is 2.16. The van der Waals surface area contributed by atoms with Crippen LogP contribution in [0.4, 0.5) is 0 Å². The summed E-state index contributed by atoms with van der Waals surface area (Å²) < 4.78 is 0. The SMILES string of the molecule is Cc1cc(O)c(C(=O)C(C)C)cc1Cl. The van der Waals surface area contributed by atoms with Crippen LogP contribution in [0.3, 0.4) is 0 Å². The van der Waals surface area contributed by atoms with Gasteiger partial charge in [-0.3, -0.25) is 4.79 Å². The number of aromatic hydroxyl groups is 1. The Balaban J connectivity index is 3.22. The largest absolute Gasteiger partial charge is 0.507 e. The molecule has 0 fully saturated rings. The molecule has 0 saturated heterocycles. The molecule has 2 nitrogen and oxygen atoms in total. The Bertz CT molecular complexity index is 370. The monoisotopic (exact) mass is 212 g/mol. The number of phenols is 1. The van der Waals surface area contributed by atoms with Gasteiger partial charge in [0.1, 0.15) is 5.75 Å². The fourth-order valence-electron chi connectivity index (χ4n) is 1.17. The molecule has 0 radical (unpaired) electrons. The number of phenolic OH excluding ortho intramolecular Hbond substituents is 1. The van der Waals surface area contributed by atoms with E-state index in [-0.39, 0.29) is 17.5 Å². The molecule has 0 saturated carbocycles. The summed E-state index contributed by atoms with van der Waals surface area (Å²) in [5, 5.41) is 10.1. The molecule has 0 aliphatic rings. The van der Waals surface area contributed by atoms with Gasteiger partial charge >= 0.3 is 0 Å². The lowest BCUT2D eigenvalue weighted by Crippen LogP contribution is -2.07. The second-order valence-corrected chi connectivity index (χ2v) is 4.04. The first-order valence-electron chi connectivity index (χ1n) is 4.46. The van der Waals surface area contributed by atoms with Crippen LogP contribution in [0.5, 0.6) is 5.75 Å². The number of Topliss-reactive ketones (excluding diaryl/α,β-unsaturated/α-hetero) is 1. The van der Waals surface area contributed by atoms with Gasteiger partial charge in [-0.05, 0) is 24.6 Å². The zero-order valence-electron chi connectivity index (χ0n) is 8.47. The fraction of sp³-hybridized carbons (Fsp3) is 0.364. The minimum atomic E-state index is -0.139. The van der Waals surface area contributed by atoms with Crippen LogP contribution in [0.2, 0.25) is 5.02 Å². The van der Waals surface area contributed by atoms with Crippen LogP contribution < -0.4 is 0 Å². The molecule has 1 aromatic rings. The molecule has 0 spiro atoms. The minimum absolute atomic E-state index is 0.00519. The molecular weight excluding hydrogens is 200 g/mol. The third-order valence-corrected chi connectivity index (χ3v) is 2.47. The molecule has 0 unspecified atom stereocenters. The zero-order valence-corrected chi connectivity index (χ0v) is 9.22. The van der Waals surface area contributed by atoms with E-state index in [4.69, 9.17) is 11.6 Å². The van der Waals surface area contributed by atoms with Crippen molar-refractivity contribution < 1.29 is 9.90 Å². The van der Waals surface area contributed by atoms with E-state index >= 15 is 0 Å². The van der Waals surface area contributed by atoms with Crippen LogP contribution >= 0.6 is 11.6 Å². The Hall–Kier alpha value is -1.02. The van der Waals surface area contributed by atoms with Gasteiger partial charge in [0.25, 0.3) is 0 Å². The molecular formula is C11H13ClO2. The zero-order chi connectivity index (χ0) is 10.9. The van der Waals surface area contributed by atoms with Crippen molar-refractivity contribution in [2.24, 2.45) is 5.92 Å². The van der Waals surface area contributed by atoms with E-state index in [1.807, 2.05) is 0 Å². The molecule has 76 valence electrons. The Morgan fingerprint density at radius 1 is 1.43 bits per heavy atom. The molecule has 0 atom stereocenters. The summed E-state index contributed by atoms with van der Waals surface area (Å²) in [4.78, 5) is 11.6. The van der Waals surface area contributed by atoms with Gasteiger partial charge < -0.3 is 5.11 Å². The third kappa shape index (κ3) is 2.07. The van der Waals surface area contributed by atoms with Crippen molar-refractivity contribution >= 4 is 17.4 Å². The number of carbonyl (C=O) groups is 1. The minimum Gasteiger partial charge on any atom is -0.507 e. The number of halogens is 1.